The highest BCUT2D eigenvalue weighted by molar-refractivity contribution is 7.98. The van der Waals surface area contributed by atoms with E-state index in [0.29, 0.717) is 21.9 Å². The van der Waals surface area contributed by atoms with Crippen LogP contribution in [0.15, 0.2) is 77.7 Å². The second-order valence-electron chi connectivity index (χ2n) is 6.56. The van der Waals surface area contributed by atoms with E-state index in [4.69, 9.17) is 9.47 Å². The number of nitrogens with one attached hydrogen (secondary N) is 1. The number of hydrogen-bond acceptors (Lipinski definition) is 7. The number of methoxy groups -OCH3 is 1. The summed E-state index contributed by atoms with van der Waals surface area (Å²) in [5.41, 5.74) is 0.247. The molecule has 0 fully saturated rings. The van der Waals surface area contributed by atoms with Gasteiger partial charge in [0, 0.05) is 28.3 Å². The summed E-state index contributed by atoms with van der Waals surface area (Å²) in [6, 6.07) is 19.3. The van der Waals surface area contributed by atoms with Crippen molar-refractivity contribution in [2.45, 2.75) is 11.0 Å². The zero-order chi connectivity index (χ0) is 23.1. The predicted molar refractivity (Wildman–Crippen MR) is 121 cm³/mol. The van der Waals surface area contributed by atoms with Crippen LogP contribution < -0.4 is 10.1 Å². The van der Waals surface area contributed by atoms with Crippen LogP contribution in [-0.2, 0) is 9.53 Å². The van der Waals surface area contributed by atoms with Gasteiger partial charge in [-0.15, -0.1) is 11.8 Å². The molecule has 1 unspecified atom stereocenters. The first kappa shape index (κ1) is 22.8. The first-order chi connectivity index (χ1) is 15.4. The standard InChI is InChI=1S/C23H20N2O6S/c1-30-17-10-6-9-16(13-17)24-22(26)21(15-7-4-3-5-8-15)31-23(27)19-14-18(32-2)11-12-20(19)25(28)29/h3-14,21H,1-2H3,(H,24,26). The molecule has 0 spiro atoms. The van der Waals surface area contributed by atoms with Gasteiger partial charge in [-0.05, 0) is 30.5 Å². The molecule has 1 N–H and O–H groups in total. The molecule has 3 aromatic rings. The van der Waals surface area contributed by atoms with Crippen LogP contribution in [0, 0.1) is 10.1 Å². The van der Waals surface area contributed by atoms with Crippen molar-refractivity contribution in [3.63, 3.8) is 0 Å². The van der Waals surface area contributed by atoms with E-state index in [1.54, 1.807) is 66.9 Å². The second kappa shape index (κ2) is 10.5. The van der Waals surface area contributed by atoms with Crippen LogP contribution in [0.1, 0.15) is 22.0 Å². The lowest BCUT2D eigenvalue weighted by Gasteiger charge is -2.18. The first-order valence-electron chi connectivity index (χ1n) is 9.46. The number of hydrogen-bond donors (Lipinski definition) is 1. The first-order valence-corrected chi connectivity index (χ1v) is 10.7. The van der Waals surface area contributed by atoms with Gasteiger partial charge in [0.2, 0.25) is 6.10 Å². The SMILES string of the molecule is COc1cccc(NC(=O)C(OC(=O)c2cc(SC)ccc2[N+](=O)[O-])c2ccccc2)c1. The topological polar surface area (TPSA) is 108 Å². The largest absolute Gasteiger partial charge is 0.497 e. The number of amides is 1. The quantitative estimate of drug-likeness (QED) is 0.225. The Labute approximate surface area is 188 Å². The monoisotopic (exact) mass is 452 g/mol. The number of esters is 1. The van der Waals surface area contributed by atoms with Gasteiger partial charge in [0.15, 0.2) is 0 Å². The normalized spacial score (nSPS) is 11.3. The number of nitro benzene ring substituents is 1. The maximum Gasteiger partial charge on any atom is 0.346 e. The zero-order valence-corrected chi connectivity index (χ0v) is 18.1. The van der Waals surface area contributed by atoms with Crippen LogP contribution in [-0.4, -0.2) is 30.2 Å². The smallest absolute Gasteiger partial charge is 0.346 e. The molecule has 9 heteroatoms. The van der Waals surface area contributed by atoms with E-state index in [1.807, 2.05) is 0 Å². The third-order valence-electron chi connectivity index (χ3n) is 4.52. The van der Waals surface area contributed by atoms with E-state index in [9.17, 15) is 19.7 Å². The molecule has 164 valence electrons. The van der Waals surface area contributed by atoms with Crippen molar-refractivity contribution in [2.24, 2.45) is 0 Å². The second-order valence-corrected chi connectivity index (χ2v) is 7.44. The molecule has 0 aliphatic carbocycles. The fourth-order valence-corrected chi connectivity index (χ4v) is 3.38. The van der Waals surface area contributed by atoms with E-state index in [1.165, 1.54) is 31.0 Å². The fourth-order valence-electron chi connectivity index (χ4n) is 2.94. The van der Waals surface area contributed by atoms with Gasteiger partial charge in [-0.3, -0.25) is 14.9 Å². The summed E-state index contributed by atoms with van der Waals surface area (Å²) < 4.78 is 10.7. The van der Waals surface area contributed by atoms with Crippen molar-refractivity contribution < 1.29 is 24.0 Å². The molecule has 1 atom stereocenters. The number of nitrogens with zero attached hydrogens (tertiary/aromatic N) is 1. The van der Waals surface area contributed by atoms with Crippen molar-refractivity contribution in [3.05, 3.63) is 94.0 Å². The molecule has 1 amide bonds. The molecule has 0 saturated carbocycles. The minimum Gasteiger partial charge on any atom is -0.497 e. The third kappa shape index (κ3) is 5.44. The zero-order valence-electron chi connectivity index (χ0n) is 17.3. The van der Waals surface area contributed by atoms with Crippen LogP contribution >= 0.6 is 11.8 Å². The van der Waals surface area contributed by atoms with Crippen molar-refractivity contribution in [3.8, 4) is 5.75 Å². The molecule has 0 aliphatic rings. The molecule has 8 nitrogen and oxygen atoms in total. The number of thioether (sulfide) groups is 1. The molecular weight excluding hydrogens is 432 g/mol. The number of nitro groups is 1. The number of carbonyl (C=O) groups is 2. The Morgan fingerprint density at radius 1 is 1.03 bits per heavy atom. The van der Waals surface area contributed by atoms with Gasteiger partial charge in [0.1, 0.15) is 11.3 Å². The van der Waals surface area contributed by atoms with E-state index in [2.05, 4.69) is 5.32 Å². The fraction of sp³-hybridized carbons (Fsp3) is 0.130. The van der Waals surface area contributed by atoms with Gasteiger partial charge in [-0.25, -0.2) is 4.79 Å². The Morgan fingerprint density at radius 3 is 2.44 bits per heavy atom. The maximum atomic E-state index is 13.1. The van der Waals surface area contributed by atoms with Crippen molar-refractivity contribution in [2.75, 3.05) is 18.7 Å². The predicted octanol–water partition coefficient (Wildman–Crippen LogP) is 4.86. The van der Waals surface area contributed by atoms with Crippen LogP contribution in [0.2, 0.25) is 0 Å². The number of benzene rings is 3. The average Bonchev–Trinajstić information content (AvgIpc) is 2.82. The lowest BCUT2D eigenvalue weighted by atomic mass is 10.1. The molecule has 0 bridgehead atoms. The van der Waals surface area contributed by atoms with Gasteiger partial charge in [0.25, 0.3) is 11.6 Å². The lowest BCUT2D eigenvalue weighted by molar-refractivity contribution is -0.385. The van der Waals surface area contributed by atoms with Crippen LogP contribution in [0.4, 0.5) is 11.4 Å². The van der Waals surface area contributed by atoms with Crippen molar-refractivity contribution >= 4 is 35.0 Å². The summed E-state index contributed by atoms with van der Waals surface area (Å²) >= 11 is 1.33. The Kier molecular flexibility index (Phi) is 7.45. The molecule has 0 saturated heterocycles. The molecule has 0 aliphatic heterocycles. The van der Waals surface area contributed by atoms with Gasteiger partial charge in [-0.2, -0.15) is 0 Å². The molecular formula is C23H20N2O6S. The van der Waals surface area contributed by atoms with Gasteiger partial charge < -0.3 is 14.8 Å². The Hall–Kier alpha value is -3.85. The highest BCUT2D eigenvalue weighted by atomic mass is 32.2. The molecule has 3 aromatic carbocycles. The van der Waals surface area contributed by atoms with E-state index < -0.39 is 28.6 Å². The summed E-state index contributed by atoms with van der Waals surface area (Å²) in [7, 11) is 1.51. The molecule has 3 rings (SSSR count). The van der Waals surface area contributed by atoms with E-state index in [-0.39, 0.29) is 5.56 Å². The molecule has 0 heterocycles. The minimum absolute atomic E-state index is 0.225. The minimum atomic E-state index is -1.33. The van der Waals surface area contributed by atoms with Gasteiger partial charge in [-0.1, -0.05) is 36.4 Å². The number of carbonyl (C=O) groups excluding carboxylic acids is 2. The summed E-state index contributed by atoms with van der Waals surface area (Å²) in [5, 5.41) is 14.1. The van der Waals surface area contributed by atoms with Gasteiger partial charge >= 0.3 is 5.97 Å². The third-order valence-corrected chi connectivity index (χ3v) is 5.25. The summed E-state index contributed by atoms with van der Waals surface area (Å²) in [6.07, 6.45) is 0.456. The summed E-state index contributed by atoms with van der Waals surface area (Å²) in [6.45, 7) is 0. The number of anilines is 1. The molecule has 0 radical (unpaired) electrons. The molecule has 32 heavy (non-hydrogen) atoms. The maximum absolute atomic E-state index is 13.1. The van der Waals surface area contributed by atoms with E-state index >= 15 is 0 Å². The highest BCUT2D eigenvalue weighted by Gasteiger charge is 2.29. The summed E-state index contributed by atoms with van der Waals surface area (Å²) in [5.74, 6) is -1.04. The van der Waals surface area contributed by atoms with Gasteiger partial charge in [0.05, 0.1) is 12.0 Å². The summed E-state index contributed by atoms with van der Waals surface area (Å²) in [4.78, 5) is 37.4. The van der Waals surface area contributed by atoms with Crippen molar-refractivity contribution in [1.82, 2.24) is 0 Å². The van der Waals surface area contributed by atoms with E-state index in [0.717, 1.165) is 0 Å². The molecule has 0 aromatic heterocycles. The van der Waals surface area contributed by atoms with Crippen LogP contribution in [0.5, 0.6) is 5.75 Å². The highest BCUT2D eigenvalue weighted by Crippen LogP contribution is 2.28. The van der Waals surface area contributed by atoms with Crippen LogP contribution in [0.3, 0.4) is 0 Å². The lowest BCUT2D eigenvalue weighted by Crippen LogP contribution is -2.26. The number of ether oxygens (including phenoxy) is 2. The Morgan fingerprint density at radius 2 is 1.78 bits per heavy atom. The number of rotatable bonds is 8. The van der Waals surface area contributed by atoms with Crippen LogP contribution in [0.25, 0.3) is 0 Å². The van der Waals surface area contributed by atoms with Crippen molar-refractivity contribution in [1.29, 1.82) is 0 Å². The Balaban J connectivity index is 1.93. The average molecular weight is 452 g/mol. The Bertz CT molecular complexity index is 1140.